The Morgan fingerprint density at radius 2 is 1.90 bits per heavy atom. The number of thioether (sulfide) groups is 1. The first-order valence-electron chi connectivity index (χ1n) is 9.56. The number of anilines is 1. The van der Waals surface area contributed by atoms with E-state index in [1.165, 1.54) is 6.20 Å². The van der Waals surface area contributed by atoms with E-state index in [0.717, 1.165) is 36.1 Å². The molecule has 2 aromatic heterocycles. The lowest BCUT2D eigenvalue weighted by molar-refractivity contribution is -0.139. The van der Waals surface area contributed by atoms with Gasteiger partial charge in [-0.2, -0.15) is 0 Å². The molecule has 0 saturated heterocycles. The van der Waals surface area contributed by atoms with E-state index in [-0.39, 0.29) is 41.3 Å². The Morgan fingerprint density at radius 1 is 1.17 bits per heavy atom. The van der Waals surface area contributed by atoms with E-state index in [4.69, 9.17) is 15.2 Å². The molecule has 0 aliphatic carbocycles. The summed E-state index contributed by atoms with van der Waals surface area (Å²) in [4.78, 5) is 44.1. The maximum Gasteiger partial charge on any atom is 0.343 e. The van der Waals surface area contributed by atoms with Gasteiger partial charge < -0.3 is 19.8 Å². The second-order valence-electron chi connectivity index (χ2n) is 6.48. The summed E-state index contributed by atoms with van der Waals surface area (Å²) in [5, 5.41) is 0.215. The van der Waals surface area contributed by atoms with Gasteiger partial charge >= 0.3 is 11.9 Å². The fraction of sp³-hybridized carbons (Fsp3) is 0.450. The minimum atomic E-state index is -0.609. The molecule has 0 bridgehead atoms. The average Bonchev–Trinajstić information content (AvgIpc) is 2.99. The van der Waals surface area contributed by atoms with Crippen LogP contribution in [0.2, 0.25) is 0 Å². The lowest BCUT2D eigenvalue weighted by atomic mass is 10.1. The Morgan fingerprint density at radius 3 is 2.53 bits per heavy atom. The molecule has 9 nitrogen and oxygen atoms in total. The summed E-state index contributed by atoms with van der Waals surface area (Å²) in [7, 11) is 0. The van der Waals surface area contributed by atoms with Gasteiger partial charge in [0.05, 0.1) is 12.4 Å². The van der Waals surface area contributed by atoms with Gasteiger partial charge in [0.2, 0.25) is 5.78 Å². The third kappa shape index (κ3) is 5.82. The van der Waals surface area contributed by atoms with Crippen molar-refractivity contribution in [1.29, 1.82) is 0 Å². The first-order chi connectivity index (χ1) is 14.3. The molecule has 0 radical (unpaired) electrons. The Bertz CT molecular complexity index is 942. The number of carbonyl (C=O) groups excluding carboxylic acids is 3. The number of nitrogens with zero attached hydrogens (tertiary/aromatic N) is 3. The van der Waals surface area contributed by atoms with Gasteiger partial charge in [0, 0.05) is 29.7 Å². The number of nitrogens with two attached hydrogens (primary N) is 1. The van der Waals surface area contributed by atoms with Gasteiger partial charge in [0.25, 0.3) is 0 Å². The number of ether oxygens (including phenoxy) is 2. The van der Waals surface area contributed by atoms with Crippen molar-refractivity contribution in [3.63, 3.8) is 0 Å². The molecule has 2 N–H and O–H groups in total. The summed E-state index contributed by atoms with van der Waals surface area (Å²) in [6.07, 6.45) is 2.22. The van der Waals surface area contributed by atoms with Crippen molar-refractivity contribution >= 4 is 35.3 Å². The Balaban J connectivity index is 1.88. The summed E-state index contributed by atoms with van der Waals surface area (Å²) in [6, 6.07) is 1.82. The molecule has 0 amide bonds. The van der Waals surface area contributed by atoms with Crippen LogP contribution >= 0.6 is 11.8 Å². The first kappa shape index (κ1) is 23.4. The minimum absolute atomic E-state index is 0.0306. The van der Waals surface area contributed by atoms with Gasteiger partial charge in [-0.25, -0.2) is 14.8 Å². The molecule has 0 saturated carbocycles. The van der Waals surface area contributed by atoms with Crippen LogP contribution in [0.25, 0.3) is 0 Å². The van der Waals surface area contributed by atoms with Crippen LogP contribution in [0, 0.1) is 13.8 Å². The molecule has 2 aromatic rings. The van der Waals surface area contributed by atoms with Crippen molar-refractivity contribution in [2.24, 2.45) is 0 Å². The molecule has 2 rings (SSSR count). The summed E-state index contributed by atoms with van der Waals surface area (Å²) in [5.41, 5.74) is 8.24. The van der Waals surface area contributed by atoms with Gasteiger partial charge in [-0.15, -0.1) is 0 Å². The second-order valence-corrected chi connectivity index (χ2v) is 7.42. The number of carbonyl (C=O) groups is 3. The molecule has 10 heteroatoms. The zero-order valence-electron chi connectivity index (χ0n) is 17.6. The zero-order chi connectivity index (χ0) is 22.3. The SMILES string of the molecule is CCCn1c(C)cc(C(=O)COC(=O)CSc2ncc(C(=O)OCC)c(N)n2)c1C. The number of nitrogen functional groups attached to an aromatic ring is 1. The minimum Gasteiger partial charge on any atom is -0.462 e. The van der Waals surface area contributed by atoms with Crippen LogP contribution in [0.1, 0.15) is 52.4 Å². The van der Waals surface area contributed by atoms with Gasteiger partial charge in [0.15, 0.2) is 11.8 Å². The number of aryl methyl sites for hydroxylation is 1. The summed E-state index contributed by atoms with van der Waals surface area (Å²) in [6.45, 7) is 8.29. The number of Topliss-reactive ketones (excluding diaryl/α,β-unsaturated/α-hetero) is 1. The maximum atomic E-state index is 12.4. The Labute approximate surface area is 179 Å². The van der Waals surface area contributed by atoms with Crippen molar-refractivity contribution in [1.82, 2.24) is 14.5 Å². The lowest BCUT2D eigenvalue weighted by Gasteiger charge is -2.08. The zero-order valence-corrected chi connectivity index (χ0v) is 18.4. The van der Waals surface area contributed by atoms with E-state index in [1.54, 1.807) is 6.92 Å². The molecule has 0 fully saturated rings. The molecular formula is C20H26N4O5S. The van der Waals surface area contributed by atoms with Gasteiger partial charge in [-0.1, -0.05) is 18.7 Å². The molecule has 0 aromatic carbocycles. The Hall–Kier alpha value is -2.88. The van der Waals surface area contributed by atoms with Crippen molar-refractivity contribution in [3.05, 3.63) is 34.8 Å². The highest BCUT2D eigenvalue weighted by molar-refractivity contribution is 7.99. The molecule has 30 heavy (non-hydrogen) atoms. The highest BCUT2D eigenvalue weighted by Gasteiger charge is 2.18. The molecule has 0 atom stereocenters. The van der Waals surface area contributed by atoms with E-state index in [0.29, 0.717) is 5.56 Å². The van der Waals surface area contributed by atoms with Crippen LogP contribution in [0.5, 0.6) is 0 Å². The number of aromatic nitrogens is 3. The smallest absolute Gasteiger partial charge is 0.343 e. The number of ketones is 1. The normalized spacial score (nSPS) is 10.7. The van der Waals surface area contributed by atoms with E-state index in [1.807, 2.05) is 19.9 Å². The Kier molecular flexibility index (Phi) is 8.40. The van der Waals surface area contributed by atoms with Crippen molar-refractivity contribution in [2.75, 3.05) is 24.7 Å². The second kappa shape index (κ2) is 10.8. The number of rotatable bonds is 10. The summed E-state index contributed by atoms with van der Waals surface area (Å²) >= 11 is 0.996. The van der Waals surface area contributed by atoms with Crippen LogP contribution in [0.15, 0.2) is 17.4 Å². The third-order valence-electron chi connectivity index (χ3n) is 4.30. The van der Waals surface area contributed by atoms with Crippen molar-refractivity contribution in [3.8, 4) is 0 Å². The van der Waals surface area contributed by atoms with Gasteiger partial charge in [0.1, 0.15) is 11.4 Å². The highest BCUT2D eigenvalue weighted by Crippen LogP contribution is 2.18. The van der Waals surface area contributed by atoms with E-state index in [9.17, 15) is 14.4 Å². The van der Waals surface area contributed by atoms with Crippen LogP contribution in [-0.4, -0.2) is 51.2 Å². The van der Waals surface area contributed by atoms with Gasteiger partial charge in [-0.05, 0) is 33.3 Å². The van der Waals surface area contributed by atoms with Gasteiger partial charge in [-0.3, -0.25) is 9.59 Å². The van der Waals surface area contributed by atoms with Crippen LogP contribution < -0.4 is 5.73 Å². The fourth-order valence-corrected chi connectivity index (χ4v) is 3.47. The number of esters is 2. The molecule has 0 spiro atoms. The van der Waals surface area contributed by atoms with Crippen molar-refractivity contribution in [2.45, 2.75) is 45.8 Å². The van der Waals surface area contributed by atoms with E-state index >= 15 is 0 Å². The number of hydrogen-bond acceptors (Lipinski definition) is 9. The lowest BCUT2D eigenvalue weighted by Crippen LogP contribution is -2.16. The summed E-state index contributed by atoms with van der Waals surface area (Å²) < 4.78 is 12.0. The first-order valence-corrected chi connectivity index (χ1v) is 10.5. The van der Waals surface area contributed by atoms with E-state index in [2.05, 4.69) is 21.5 Å². The largest absolute Gasteiger partial charge is 0.462 e. The maximum absolute atomic E-state index is 12.4. The number of hydrogen-bond donors (Lipinski definition) is 1. The topological polar surface area (TPSA) is 126 Å². The molecular weight excluding hydrogens is 408 g/mol. The molecule has 0 aliphatic rings. The predicted molar refractivity (Wildman–Crippen MR) is 113 cm³/mol. The standard InChI is InChI=1S/C20H26N4O5S/c1-5-7-24-12(3)8-14(13(24)4)16(25)10-29-17(26)11-30-20-22-9-15(18(21)23-20)19(27)28-6-2/h8-9H,5-7,10-11H2,1-4H3,(H2,21,22,23). The molecule has 0 aliphatic heterocycles. The quantitative estimate of drug-likeness (QED) is 0.260. The van der Waals surface area contributed by atoms with Crippen LogP contribution in [0.3, 0.4) is 0 Å². The molecule has 0 unspecified atom stereocenters. The molecule has 162 valence electrons. The monoisotopic (exact) mass is 434 g/mol. The molecule has 2 heterocycles. The summed E-state index contributed by atoms with van der Waals surface area (Å²) in [5.74, 6) is -1.56. The predicted octanol–water partition coefficient (Wildman–Crippen LogP) is 2.58. The van der Waals surface area contributed by atoms with E-state index < -0.39 is 11.9 Å². The van der Waals surface area contributed by atoms with Crippen molar-refractivity contribution < 1.29 is 23.9 Å². The fourth-order valence-electron chi connectivity index (χ4n) is 2.85. The van der Waals surface area contributed by atoms with Crippen LogP contribution in [0.4, 0.5) is 5.82 Å². The third-order valence-corrected chi connectivity index (χ3v) is 5.13. The van der Waals surface area contributed by atoms with Crippen LogP contribution in [-0.2, 0) is 20.8 Å². The average molecular weight is 435 g/mol. The highest BCUT2D eigenvalue weighted by atomic mass is 32.2.